The molecule has 114 valence electrons. The van der Waals surface area contributed by atoms with Gasteiger partial charge in [0.25, 0.3) is 0 Å². The minimum Gasteiger partial charge on any atom is -0.490 e. The zero-order chi connectivity index (χ0) is 15.4. The van der Waals surface area contributed by atoms with E-state index in [2.05, 4.69) is 0 Å². The molecule has 0 aliphatic heterocycles. The summed E-state index contributed by atoms with van der Waals surface area (Å²) in [7, 11) is 0. The molecule has 4 nitrogen and oxygen atoms in total. The summed E-state index contributed by atoms with van der Waals surface area (Å²) in [5, 5.41) is 10.3. The molecule has 1 aromatic carbocycles. The maximum absolute atomic E-state index is 11.3. The van der Waals surface area contributed by atoms with E-state index in [1.54, 1.807) is 0 Å². The normalized spacial score (nSPS) is 12.3. The average molecular weight is 308 g/mol. The van der Waals surface area contributed by atoms with Gasteiger partial charge in [0.2, 0.25) is 0 Å². The van der Waals surface area contributed by atoms with E-state index in [9.17, 15) is 9.90 Å². The highest BCUT2D eigenvalue weighted by molar-refractivity contribution is 7.19. The molecule has 0 bridgehead atoms. The van der Waals surface area contributed by atoms with Crippen LogP contribution >= 0.6 is 11.3 Å². The second-order valence-electron chi connectivity index (χ2n) is 4.65. The summed E-state index contributed by atoms with van der Waals surface area (Å²) in [6.45, 7) is 6.88. The molecule has 5 heteroatoms. The molecule has 1 heterocycles. The number of aliphatic carboxylic acids is 1. The van der Waals surface area contributed by atoms with Crippen molar-refractivity contribution in [3.63, 3.8) is 0 Å². The van der Waals surface area contributed by atoms with Crippen LogP contribution in [-0.2, 0) is 4.79 Å². The van der Waals surface area contributed by atoms with Gasteiger partial charge in [0.1, 0.15) is 0 Å². The number of carboxylic acids is 1. The fourth-order valence-electron chi connectivity index (χ4n) is 2.27. The van der Waals surface area contributed by atoms with E-state index < -0.39 is 11.9 Å². The van der Waals surface area contributed by atoms with Crippen LogP contribution in [0, 0.1) is 0 Å². The lowest BCUT2D eigenvalue weighted by Gasteiger charge is -2.10. The van der Waals surface area contributed by atoms with Gasteiger partial charge in [-0.1, -0.05) is 6.92 Å². The summed E-state index contributed by atoms with van der Waals surface area (Å²) < 4.78 is 12.2. The summed E-state index contributed by atoms with van der Waals surface area (Å²) in [6, 6.07) is 5.81. The first-order chi connectivity index (χ1) is 10.1. The maximum Gasteiger partial charge on any atom is 0.311 e. The molecule has 0 saturated carbocycles. The molecule has 0 fully saturated rings. The number of hydrogen-bond acceptors (Lipinski definition) is 4. The highest BCUT2D eigenvalue weighted by atomic mass is 32.1. The van der Waals surface area contributed by atoms with E-state index in [4.69, 9.17) is 9.47 Å². The third-order valence-electron chi connectivity index (χ3n) is 3.25. The van der Waals surface area contributed by atoms with Crippen molar-refractivity contribution in [3.05, 3.63) is 23.1 Å². The Hall–Kier alpha value is -1.75. The highest BCUT2D eigenvalue weighted by Gasteiger charge is 2.21. The van der Waals surface area contributed by atoms with Crippen LogP contribution in [0.4, 0.5) is 0 Å². The molecule has 1 unspecified atom stereocenters. The molecular weight excluding hydrogens is 288 g/mol. The van der Waals surface area contributed by atoms with E-state index in [1.807, 2.05) is 39.0 Å². The zero-order valence-corrected chi connectivity index (χ0v) is 13.3. The second-order valence-corrected chi connectivity index (χ2v) is 5.77. The van der Waals surface area contributed by atoms with Crippen molar-refractivity contribution in [3.8, 4) is 11.5 Å². The Morgan fingerprint density at radius 3 is 2.29 bits per heavy atom. The number of hydrogen-bond donors (Lipinski definition) is 1. The Morgan fingerprint density at radius 1 is 1.14 bits per heavy atom. The SMILES string of the molecule is CCOc1cc2cc(C(CC)C(=O)O)sc2cc1OCC. The third-order valence-corrected chi connectivity index (χ3v) is 4.46. The van der Waals surface area contributed by atoms with Crippen molar-refractivity contribution < 1.29 is 19.4 Å². The minimum absolute atomic E-state index is 0.450. The van der Waals surface area contributed by atoms with Crippen molar-refractivity contribution >= 4 is 27.4 Å². The van der Waals surface area contributed by atoms with Gasteiger partial charge in [-0.05, 0) is 37.8 Å². The number of carbonyl (C=O) groups is 1. The number of rotatable bonds is 7. The summed E-state index contributed by atoms with van der Waals surface area (Å²) in [5.74, 6) is 0.191. The third kappa shape index (κ3) is 3.29. The molecule has 0 radical (unpaired) electrons. The summed E-state index contributed by atoms with van der Waals surface area (Å²) in [5.41, 5.74) is 0. The summed E-state index contributed by atoms with van der Waals surface area (Å²) in [4.78, 5) is 12.2. The van der Waals surface area contributed by atoms with Crippen molar-refractivity contribution in [2.24, 2.45) is 0 Å². The van der Waals surface area contributed by atoms with Crippen molar-refractivity contribution in [1.82, 2.24) is 0 Å². The van der Waals surface area contributed by atoms with Crippen LogP contribution in [0.1, 0.15) is 38.0 Å². The minimum atomic E-state index is -0.779. The molecule has 2 aromatic rings. The molecule has 21 heavy (non-hydrogen) atoms. The van der Waals surface area contributed by atoms with E-state index in [-0.39, 0.29) is 0 Å². The largest absolute Gasteiger partial charge is 0.490 e. The monoisotopic (exact) mass is 308 g/mol. The van der Waals surface area contributed by atoms with Crippen LogP contribution < -0.4 is 9.47 Å². The summed E-state index contributed by atoms with van der Waals surface area (Å²) >= 11 is 1.51. The zero-order valence-electron chi connectivity index (χ0n) is 12.5. The van der Waals surface area contributed by atoms with Gasteiger partial charge in [0.15, 0.2) is 11.5 Å². The molecule has 1 atom stereocenters. The van der Waals surface area contributed by atoms with Gasteiger partial charge in [-0.25, -0.2) is 0 Å². The highest BCUT2D eigenvalue weighted by Crippen LogP contribution is 2.39. The van der Waals surface area contributed by atoms with Gasteiger partial charge in [-0.15, -0.1) is 11.3 Å². The molecule has 0 aliphatic rings. The molecule has 0 saturated heterocycles. The second kappa shape index (κ2) is 6.80. The fourth-order valence-corrected chi connectivity index (χ4v) is 3.52. The van der Waals surface area contributed by atoms with E-state index in [0.717, 1.165) is 15.0 Å². The fraction of sp³-hybridized carbons (Fsp3) is 0.438. The topological polar surface area (TPSA) is 55.8 Å². The molecule has 0 aliphatic carbocycles. The van der Waals surface area contributed by atoms with Gasteiger partial charge < -0.3 is 14.6 Å². The Balaban J connectivity index is 2.49. The molecule has 2 rings (SSSR count). The smallest absolute Gasteiger partial charge is 0.311 e. The van der Waals surface area contributed by atoms with E-state index >= 15 is 0 Å². The van der Waals surface area contributed by atoms with E-state index in [1.165, 1.54) is 11.3 Å². The first kappa shape index (κ1) is 15.6. The van der Waals surface area contributed by atoms with Gasteiger partial charge in [0, 0.05) is 15.6 Å². The first-order valence-electron chi connectivity index (χ1n) is 7.16. The van der Waals surface area contributed by atoms with Crippen molar-refractivity contribution in [1.29, 1.82) is 0 Å². The van der Waals surface area contributed by atoms with Crippen molar-refractivity contribution in [2.45, 2.75) is 33.1 Å². The lowest BCUT2D eigenvalue weighted by molar-refractivity contribution is -0.138. The quantitative estimate of drug-likeness (QED) is 0.829. The van der Waals surface area contributed by atoms with Crippen LogP contribution in [0.2, 0.25) is 0 Å². The Morgan fingerprint density at radius 2 is 1.76 bits per heavy atom. The molecule has 1 N–H and O–H groups in total. The van der Waals surface area contributed by atoms with Crippen LogP contribution in [0.3, 0.4) is 0 Å². The molecular formula is C16H20O4S. The van der Waals surface area contributed by atoms with Crippen LogP contribution in [0.15, 0.2) is 18.2 Å². The number of thiophene rings is 1. The summed E-state index contributed by atoms with van der Waals surface area (Å²) in [6.07, 6.45) is 0.582. The predicted molar refractivity (Wildman–Crippen MR) is 84.8 cm³/mol. The van der Waals surface area contributed by atoms with Gasteiger partial charge in [-0.3, -0.25) is 4.79 Å². The van der Waals surface area contributed by atoms with Gasteiger partial charge >= 0.3 is 5.97 Å². The van der Waals surface area contributed by atoms with Crippen molar-refractivity contribution in [2.75, 3.05) is 13.2 Å². The van der Waals surface area contributed by atoms with Gasteiger partial charge in [0.05, 0.1) is 19.1 Å². The van der Waals surface area contributed by atoms with Gasteiger partial charge in [-0.2, -0.15) is 0 Å². The maximum atomic E-state index is 11.3. The Kier molecular flexibility index (Phi) is 5.07. The molecule has 1 aromatic heterocycles. The Bertz CT molecular complexity index is 589. The lowest BCUT2D eigenvalue weighted by Crippen LogP contribution is -2.08. The average Bonchev–Trinajstić information content (AvgIpc) is 2.82. The van der Waals surface area contributed by atoms with Crippen LogP contribution in [0.25, 0.3) is 10.1 Å². The predicted octanol–water partition coefficient (Wildman–Crippen LogP) is 4.28. The molecule has 0 amide bonds. The Labute approximate surface area is 128 Å². The van der Waals surface area contributed by atoms with E-state index in [0.29, 0.717) is 31.1 Å². The standard InChI is InChI=1S/C16H20O4S/c1-4-11(16(17)18)15-8-10-7-12(19-5-2)13(20-6-3)9-14(10)21-15/h7-9,11H,4-6H2,1-3H3,(H,17,18). The number of ether oxygens (including phenoxy) is 2. The number of benzene rings is 1. The van der Waals surface area contributed by atoms with Crippen LogP contribution in [-0.4, -0.2) is 24.3 Å². The van der Waals surface area contributed by atoms with Crippen LogP contribution in [0.5, 0.6) is 11.5 Å². The molecule has 0 spiro atoms. The lowest BCUT2D eigenvalue weighted by atomic mass is 10.0. The number of fused-ring (bicyclic) bond motifs is 1. The number of carboxylic acid groups (broad SMARTS) is 1. The first-order valence-corrected chi connectivity index (χ1v) is 7.98.